The number of benzene rings is 1. The molecular weight excluding hydrogens is 418 g/mol. The smallest absolute Gasteiger partial charge is 0.270 e. The number of pyridine rings is 1. The minimum atomic E-state index is -0.352. The highest BCUT2D eigenvalue weighted by Gasteiger charge is 2.37. The van der Waals surface area contributed by atoms with E-state index in [4.69, 9.17) is 4.42 Å². The molecule has 1 saturated heterocycles. The molecule has 33 heavy (non-hydrogen) atoms. The predicted molar refractivity (Wildman–Crippen MR) is 123 cm³/mol. The van der Waals surface area contributed by atoms with E-state index in [9.17, 15) is 14.4 Å². The van der Waals surface area contributed by atoms with Gasteiger partial charge in [0.2, 0.25) is 0 Å². The molecule has 7 heteroatoms. The summed E-state index contributed by atoms with van der Waals surface area (Å²) >= 11 is 0. The summed E-state index contributed by atoms with van der Waals surface area (Å²) in [5.41, 5.74) is 2.67. The van der Waals surface area contributed by atoms with E-state index in [1.807, 2.05) is 29.7 Å². The molecule has 1 aromatic carbocycles. The second-order valence-corrected chi connectivity index (χ2v) is 8.80. The van der Waals surface area contributed by atoms with Crippen molar-refractivity contribution in [3.8, 4) is 0 Å². The summed E-state index contributed by atoms with van der Waals surface area (Å²) in [6.07, 6.45) is 4.03. The zero-order valence-electron chi connectivity index (χ0n) is 18.4. The lowest BCUT2D eigenvalue weighted by atomic mass is 9.83. The molecule has 2 aromatic heterocycles. The number of fused-ring (bicyclic) bond motifs is 4. The van der Waals surface area contributed by atoms with Crippen molar-refractivity contribution in [3.05, 3.63) is 99.5 Å². The number of hydrogen-bond donors (Lipinski definition) is 1. The molecule has 5 rings (SSSR count). The lowest BCUT2D eigenvalue weighted by molar-refractivity contribution is -0.130. The Morgan fingerprint density at radius 2 is 1.85 bits per heavy atom. The third-order valence-corrected chi connectivity index (χ3v) is 6.39. The molecule has 1 fully saturated rings. The lowest BCUT2D eigenvalue weighted by Gasteiger charge is -2.42. The average molecular weight is 444 g/mol. The third kappa shape index (κ3) is 4.26. The van der Waals surface area contributed by atoms with Gasteiger partial charge in [0.05, 0.1) is 6.26 Å². The van der Waals surface area contributed by atoms with Crippen LogP contribution in [-0.4, -0.2) is 34.4 Å². The van der Waals surface area contributed by atoms with Crippen molar-refractivity contribution in [2.45, 2.75) is 25.8 Å². The van der Waals surface area contributed by atoms with Crippen molar-refractivity contribution in [2.24, 2.45) is 5.92 Å². The van der Waals surface area contributed by atoms with Crippen LogP contribution in [0.3, 0.4) is 0 Å². The van der Waals surface area contributed by atoms with Crippen LogP contribution in [0.1, 0.15) is 39.7 Å². The summed E-state index contributed by atoms with van der Waals surface area (Å²) in [6.45, 7) is 3.58. The molecule has 4 heterocycles. The molecule has 3 aromatic rings. The molecule has 168 valence electrons. The molecule has 0 spiro atoms. The molecule has 2 aliphatic rings. The topological polar surface area (TPSA) is 84.6 Å². The molecule has 2 bridgehead atoms. The summed E-state index contributed by atoms with van der Waals surface area (Å²) in [4.78, 5) is 40.5. The Balaban J connectivity index is 1.41. The van der Waals surface area contributed by atoms with Gasteiger partial charge in [-0.3, -0.25) is 14.4 Å². The Morgan fingerprint density at radius 1 is 1.03 bits per heavy atom. The SMILES string of the molecule is Cc1ccc(C(=O)N/C(=C\c2ccco2)C(=O)N2CC3CC(C2)c2cccc(=O)n2C3)cc1. The van der Waals surface area contributed by atoms with Crippen LogP contribution in [0.4, 0.5) is 0 Å². The van der Waals surface area contributed by atoms with Crippen LogP contribution in [0.25, 0.3) is 6.08 Å². The summed E-state index contributed by atoms with van der Waals surface area (Å²) in [7, 11) is 0. The minimum Gasteiger partial charge on any atom is -0.465 e. The number of amides is 2. The van der Waals surface area contributed by atoms with Gasteiger partial charge < -0.3 is 19.2 Å². The first-order valence-electron chi connectivity index (χ1n) is 11.1. The molecule has 2 aliphatic heterocycles. The Labute approximate surface area is 191 Å². The van der Waals surface area contributed by atoms with Crippen LogP contribution in [0.15, 0.2) is 75.8 Å². The van der Waals surface area contributed by atoms with Gasteiger partial charge in [-0.1, -0.05) is 23.8 Å². The van der Waals surface area contributed by atoms with E-state index in [2.05, 4.69) is 5.32 Å². The Bertz CT molecular complexity index is 1270. The van der Waals surface area contributed by atoms with Gasteiger partial charge in [0.25, 0.3) is 17.4 Å². The van der Waals surface area contributed by atoms with E-state index in [0.29, 0.717) is 31.0 Å². The number of carbonyl (C=O) groups excluding carboxylic acids is 2. The highest BCUT2D eigenvalue weighted by Crippen LogP contribution is 2.35. The number of rotatable bonds is 4. The molecule has 2 atom stereocenters. The zero-order chi connectivity index (χ0) is 22.9. The predicted octanol–water partition coefficient (Wildman–Crippen LogP) is 3.17. The van der Waals surface area contributed by atoms with E-state index in [1.165, 1.54) is 6.26 Å². The normalized spacial score (nSPS) is 19.7. The molecule has 1 N–H and O–H groups in total. The number of likely N-dealkylation sites (tertiary alicyclic amines) is 1. The summed E-state index contributed by atoms with van der Waals surface area (Å²) in [5, 5.41) is 2.80. The average Bonchev–Trinajstić information content (AvgIpc) is 3.32. The first kappa shape index (κ1) is 21.0. The Morgan fingerprint density at radius 3 is 2.61 bits per heavy atom. The largest absolute Gasteiger partial charge is 0.465 e. The zero-order valence-corrected chi connectivity index (χ0v) is 18.4. The maximum absolute atomic E-state index is 13.6. The van der Waals surface area contributed by atoms with Crippen molar-refractivity contribution in [1.29, 1.82) is 0 Å². The number of nitrogens with zero attached hydrogens (tertiary/aromatic N) is 2. The summed E-state index contributed by atoms with van der Waals surface area (Å²) < 4.78 is 7.24. The van der Waals surface area contributed by atoms with Crippen molar-refractivity contribution in [1.82, 2.24) is 14.8 Å². The number of carbonyl (C=O) groups is 2. The number of aryl methyl sites for hydroxylation is 1. The number of piperidine rings is 1. The first-order valence-corrected chi connectivity index (χ1v) is 11.1. The van der Waals surface area contributed by atoms with Gasteiger partial charge in [0, 0.05) is 49.0 Å². The van der Waals surface area contributed by atoms with Gasteiger partial charge in [0.1, 0.15) is 11.5 Å². The first-order chi connectivity index (χ1) is 16.0. The van der Waals surface area contributed by atoms with Crippen LogP contribution in [0.2, 0.25) is 0 Å². The van der Waals surface area contributed by atoms with E-state index >= 15 is 0 Å². The highest BCUT2D eigenvalue weighted by molar-refractivity contribution is 6.05. The second-order valence-electron chi connectivity index (χ2n) is 8.80. The maximum atomic E-state index is 13.6. The molecule has 0 aliphatic carbocycles. The van der Waals surface area contributed by atoms with Gasteiger partial charge in [-0.25, -0.2) is 0 Å². The molecule has 0 radical (unpaired) electrons. The summed E-state index contributed by atoms with van der Waals surface area (Å²) in [6, 6.07) is 16.0. The molecule has 2 unspecified atom stereocenters. The van der Waals surface area contributed by atoms with Crippen molar-refractivity contribution in [3.63, 3.8) is 0 Å². The van der Waals surface area contributed by atoms with E-state index in [-0.39, 0.29) is 34.9 Å². The molecule has 7 nitrogen and oxygen atoms in total. The van der Waals surface area contributed by atoms with E-state index in [0.717, 1.165) is 17.7 Å². The number of nitrogens with one attached hydrogen (secondary N) is 1. The van der Waals surface area contributed by atoms with Gasteiger partial charge in [-0.05, 0) is 49.6 Å². The fourth-order valence-electron chi connectivity index (χ4n) is 4.80. The fourth-order valence-corrected chi connectivity index (χ4v) is 4.80. The van der Waals surface area contributed by atoms with Gasteiger partial charge in [-0.15, -0.1) is 0 Å². The van der Waals surface area contributed by atoms with Crippen molar-refractivity contribution in [2.75, 3.05) is 13.1 Å². The van der Waals surface area contributed by atoms with E-state index in [1.54, 1.807) is 47.4 Å². The van der Waals surface area contributed by atoms with Crippen LogP contribution in [0, 0.1) is 12.8 Å². The highest BCUT2D eigenvalue weighted by atomic mass is 16.3. The Kier molecular flexibility index (Phi) is 5.46. The second kappa shape index (κ2) is 8.58. The van der Waals surface area contributed by atoms with Gasteiger partial charge in [-0.2, -0.15) is 0 Å². The molecular formula is C26H25N3O4. The van der Waals surface area contributed by atoms with Crippen LogP contribution in [-0.2, 0) is 11.3 Å². The number of furan rings is 1. The van der Waals surface area contributed by atoms with E-state index < -0.39 is 0 Å². The van der Waals surface area contributed by atoms with Crippen LogP contribution in [0.5, 0.6) is 0 Å². The van der Waals surface area contributed by atoms with Crippen molar-refractivity contribution < 1.29 is 14.0 Å². The van der Waals surface area contributed by atoms with Crippen molar-refractivity contribution >= 4 is 17.9 Å². The van der Waals surface area contributed by atoms with Gasteiger partial charge >= 0.3 is 0 Å². The molecule has 2 amide bonds. The van der Waals surface area contributed by atoms with Crippen LogP contribution >= 0.6 is 0 Å². The Hall–Kier alpha value is -3.87. The van der Waals surface area contributed by atoms with Gasteiger partial charge in [0.15, 0.2) is 0 Å². The third-order valence-electron chi connectivity index (χ3n) is 6.39. The lowest BCUT2D eigenvalue weighted by Crippen LogP contribution is -2.50. The number of hydrogen-bond acceptors (Lipinski definition) is 4. The fraction of sp³-hybridized carbons (Fsp3) is 0.269. The summed E-state index contributed by atoms with van der Waals surface area (Å²) in [5.74, 6) is 0.159. The quantitative estimate of drug-likeness (QED) is 0.628. The maximum Gasteiger partial charge on any atom is 0.270 e. The standard InChI is InChI=1S/C26H25N3O4/c1-17-7-9-19(10-8-17)25(31)27-22(13-21-4-3-11-33-21)26(32)28-14-18-12-20(16-28)23-5-2-6-24(30)29(23)15-18/h2-11,13,18,20H,12,14-16H2,1H3,(H,27,31)/b22-13-. The molecule has 0 saturated carbocycles. The van der Waals surface area contributed by atoms with Crippen LogP contribution < -0.4 is 10.9 Å². The number of aromatic nitrogens is 1. The monoisotopic (exact) mass is 443 g/mol. The minimum absolute atomic E-state index is 0.00532.